The van der Waals surface area contributed by atoms with Crippen LogP contribution < -0.4 is 10.6 Å². The van der Waals surface area contributed by atoms with E-state index in [1.54, 1.807) is 17.8 Å². The monoisotopic (exact) mass is 424 g/mol. The van der Waals surface area contributed by atoms with Crippen LogP contribution in [0.3, 0.4) is 0 Å². The van der Waals surface area contributed by atoms with Crippen LogP contribution in [0, 0.1) is 6.92 Å². The maximum absolute atomic E-state index is 12.8. The van der Waals surface area contributed by atoms with Crippen molar-refractivity contribution >= 4 is 34.9 Å². The average molecular weight is 425 g/mol. The van der Waals surface area contributed by atoms with E-state index < -0.39 is 6.04 Å². The number of hydrogen-bond donors (Lipinski definition) is 2. The summed E-state index contributed by atoms with van der Waals surface area (Å²) in [5, 5.41) is 7.66. The Bertz CT molecular complexity index is 910. The van der Waals surface area contributed by atoms with E-state index in [1.165, 1.54) is 22.5 Å². The molecule has 0 unspecified atom stereocenters. The van der Waals surface area contributed by atoms with Gasteiger partial charge in [-0.15, -0.1) is 11.3 Å². The molecule has 0 radical (unpaired) electrons. The molecular formula is C23H24N2O2S2. The molecule has 1 atom stereocenters. The molecule has 0 spiro atoms. The fourth-order valence-electron chi connectivity index (χ4n) is 2.78. The Kier molecular flexibility index (Phi) is 7.90. The maximum atomic E-state index is 12.8. The number of thiophene rings is 1. The van der Waals surface area contributed by atoms with Crippen molar-refractivity contribution in [1.82, 2.24) is 10.6 Å². The van der Waals surface area contributed by atoms with Crippen LogP contribution in [0.15, 0.2) is 72.1 Å². The molecule has 0 aliphatic rings. The highest BCUT2D eigenvalue weighted by Crippen LogP contribution is 2.16. The van der Waals surface area contributed by atoms with Crippen LogP contribution in [-0.4, -0.2) is 24.1 Å². The van der Waals surface area contributed by atoms with Gasteiger partial charge in [0.05, 0.1) is 4.88 Å². The molecule has 4 nitrogen and oxygen atoms in total. The molecular weight excluding hydrogens is 400 g/mol. The molecule has 3 aromatic rings. The van der Waals surface area contributed by atoms with Crippen LogP contribution in [0.1, 0.15) is 32.4 Å². The van der Waals surface area contributed by atoms with E-state index in [2.05, 4.69) is 41.8 Å². The number of carbonyl (C=O) groups is 2. The van der Waals surface area contributed by atoms with Crippen molar-refractivity contribution in [2.24, 2.45) is 0 Å². The van der Waals surface area contributed by atoms with Crippen molar-refractivity contribution in [3.8, 4) is 0 Å². The van der Waals surface area contributed by atoms with Crippen LogP contribution >= 0.6 is 23.1 Å². The maximum Gasteiger partial charge on any atom is 0.262 e. The molecule has 150 valence electrons. The number of thioether (sulfide) groups is 1. The van der Waals surface area contributed by atoms with E-state index in [0.717, 1.165) is 17.1 Å². The third kappa shape index (κ3) is 6.48. The largest absolute Gasteiger partial charge is 0.353 e. The van der Waals surface area contributed by atoms with Crippen LogP contribution in [0.4, 0.5) is 0 Å². The fraction of sp³-hybridized carbons (Fsp3) is 0.217. The summed E-state index contributed by atoms with van der Waals surface area (Å²) in [5.41, 5.74) is 3.29. The summed E-state index contributed by atoms with van der Waals surface area (Å²) in [6.45, 7) is 2.63. The van der Waals surface area contributed by atoms with Gasteiger partial charge in [-0.05, 0) is 29.5 Å². The predicted octanol–water partition coefficient (Wildman–Crippen LogP) is 4.58. The van der Waals surface area contributed by atoms with E-state index in [4.69, 9.17) is 0 Å². The van der Waals surface area contributed by atoms with Gasteiger partial charge in [0.15, 0.2) is 0 Å². The summed E-state index contributed by atoms with van der Waals surface area (Å²) >= 11 is 3.13. The molecule has 2 aromatic carbocycles. The molecule has 0 bridgehead atoms. The highest BCUT2D eigenvalue weighted by atomic mass is 32.2. The summed E-state index contributed by atoms with van der Waals surface area (Å²) < 4.78 is 0. The Morgan fingerprint density at radius 3 is 2.45 bits per heavy atom. The minimum absolute atomic E-state index is 0.197. The van der Waals surface area contributed by atoms with Gasteiger partial charge in [0, 0.05) is 18.1 Å². The van der Waals surface area contributed by atoms with Crippen molar-refractivity contribution in [3.05, 3.63) is 93.7 Å². The molecule has 0 aliphatic heterocycles. The number of rotatable bonds is 9. The number of carbonyl (C=O) groups excluding carboxylic acids is 2. The van der Waals surface area contributed by atoms with Gasteiger partial charge in [-0.3, -0.25) is 9.59 Å². The molecule has 0 fully saturated rings. The Labute approximate surface area is 179 Å². The van der Waals surface area contributed by atoms with E-state index >= 15 is 0 Å². The standard InChI is InChI=1S/C23H24N2O2S2/c1-17-9-11-18(12-10-17)16-28-15-13-24-23(27)21(19-6-3-2-4-7-19)25-22(26)20-8-5-14-29-20/h2-12,14,21H,13,15-16H2,1H3,(H,24,27)(H,25,26)/t21-/m1/s1. The Balaban J connectivity index is 1.52. The highest BCUT2D eigenvalue weighted by molar-refractivity contribution is 7.98. The molecule has 1 heterocycles. The van der Waals surface area contributed by atoms with Gasteiger partial charge in [-0.25, -0.2) is 0 Å². The first-order chi connectivity index (χ1) is 14.1. The summed E-state index contributed by atoms with van der Waals surface area (Å²) in [5.74, 6) is 1.28. The zero-order chi connectivity index (χ0) is 20.5. The summed E-state index contributed by atoms with van der Waals surface area (Å²) in [4.78, 5) is 25.8. The van der Waals surface area contributed by atoms with Crippen molar-refractivity contribution < 1.29 is 9.59 Å². The third-order valence-electron chi connectivity index (χ3n) is 4.35. The second-order valence-electron chi connectivity index (χ2n) is 6.62. The van der Waals surface area contributed by atoms with Crippen molar-refractivity contribution in [2.75, 3.05) is 12.3 Å². The summed E-state index contributed by atoms with van der Waals surface area (Å²) in [6.07, 6.45) is 0. The van der Waals surface area contributed by atoms with Crippen LogP contribution in [0.5, 0.6) is 0 Å². The van der Waals surface area contributed by atoms with E-state index in [1.807, 2.05) is 41.8 Å². The lowest BCUT2D eigenvalue weighted by Gasteiger charge is -2.18. The number of nitrogens with one attached hydrogen (secondary N) is 2. The summed E-state index contributed by atoms with van der Waals surface area (Å²) in [6, 6.07) is 20.7. The molecule has 29 heavy (non-hydrogen) atoms. The lowest BCUT2D eigenvalue weighted by molar-refractivity contribution is -0.123. The Morgan fingerprint density at radius 1 is 1.00 bits per heavy atom. The molecule has 0 saturated carbocycles. The molecule has 2 N–H and O–H groups in total. The van der Waals surface area contributed by atoms with Crippen LogP contribution in [0.2, 0.25) is 0 Å². The van der Waals surface area contributed by atoms with Gasteiger partial charge < -0.3 is 10.6 Å². The minimum atomic E-state index is -0.715. The van der Waals surface area contributed by atoms with Gasteiger partial charge in [-0.2, -0.15) is 11.8 Å². The zero-order valence-corrected chi connectivity index (χ0v) is 17.9. The van der Waals surface area contributed by atoms with Crippen molar-refractivity contribution in [1.29, 1.82) is 0 Å². The van der Waals surface area contributed by atoms with Crippen molar-refractivity contribution in [3.63, 3.8) is 0 Å². The topological polar surface area (TPSA) is 58.2 Å². The molecule has 1 aromatic heterocycles. The van der Waals surface area contributed by atoms with Gasteiger partial charge in [0.25, 0.3) is 5.91 Å². The molecule has 2 amide bonds. The third-order valence-corrected chi connectivity index (χ3v) is 6.25. The van der Waals surface area contributed by atoms with E-state index in [9.17, 15) is 9.59 Å². The minimum Gasteiger partial charge on any atom is -0.353 e. The second-order valence-corrected chi connectivity index (χ2v) is 8.68. The highest BCUT2D eigenvalue weighted by Gasteiger charge is 2.23. The second kappa shape index (κ2) is 10.8. The molecule has 3 rings (SSSR count). The number of benzene rings is 2. The number of aryl methyl sites for hydroxylation is 1. The number of amides is 2. The Hall–Kier alpha value is -2.57. The smallest absolute Gasteiger partial charge is 0.262 e. The Morgan fingerprint density at radius 2 is 1.76 bits per heavy atom. The van der Waals surface area contributed by atoms with Gasteiger partial charge in [0.1, 0.15) is 6.04 Å². The van der Waals surface area contributed by atoms with Crippen LogP contribution in [0.25, 0.3) is 0 Å². The van der Waals surface area contributed by atoms with Crippen molar-refractivity contribution in [2.45, 2.75) is 18.7 Å². The van der Waals surface area contributed by atoms with Gasteiger partial charge in [0.2, 0.25) is 5.91 Å². The first kappa shape index (κ1) is 21.1. The normalized spacial score (nSPS) is 11.6. The molecule has 0 aliphatic carbocycles. The first-order valence-electron chi connectivity index (χ1n) is 9.44. The SMILES string of the molecule is Cc1ccc(CSCCNC(=O)[C@H](NC(=O)c2cccs2)c2ccccc2)cc1. The van der Waals surface area contributed by atoms with E-state index in [-0.39, 0.29) is 11.8 Å². The predicted molar refractivity (Wildman–Crippen MR) is 121 cm³/mol. The van der Waals surface area contributed by atoms with E-state index in [0.29, 0.717) is 11.4 Å². The molecule has 0 saturated heterocycles. The number of hydrogen-bond acceptors (Lipinski definition) is 4. The summed E-state index contributed by atoms with van der Waals surface area (Å²) in [7, 11) is 0. The quantitative estimate of drug-likeness (QED) is 0.495. The van der Waals surface area contributed by atoms with Gasteiger partial charge >= 0.3 is 0 Å². The molecule has 6 heteroatoms. The fourth-order valence-corrected chi connectivity index (χ4v) is 4.22. The van der Waals surface area contributed by atoms with Gasteiger partial charge in [-0.1, -0.05) is 66.2 Å². The zero-order valence-electron chi connectivity index (χ0n) is 16.3. The average Bonchev–Trinajstić information content (AvgIpc) is 3.28. The lowest BCUT2D eigenvalue weighted by Crippen LogP contribution is -2.40. The first-order valence-corrected chi connectivity index (χ1v) is 11.5. The van der Waals surface area contributed by atoms with Crippen LogP contribution in [-0.2, 0) is 10.5 Å². The lowest BCUT2D eigenvalue weighted by atomic mass is 10.1.